The topological polar surface area (TPSA) is 64.7 Å². The van der Waals surface area contributed by atoms with Gasteiger partial charge in [-0.3, -0.25) is 0 Å². The van der Waals surface area contributed by atoms with Crippen molar-refractivity contribution in [1.29, 1.82) is 0 Å². The summed E-state index contributed by atoms with van der Waals surface area (Å²) in [5, 5.41) is 12.9. The fraction of sp³-hybridized carbons (Fsp3) is 0.733. The van der Waals surface area contributed by atoms with Crippen molar-refractivity contribution < 1.29 is 0 Å². The van der Waals surface area contributed by atoms with Gasteiger partial charge in [-0.05, 0) is 50.9 Å². The third-order valence-electron chi connectivity index (χ3n) is 4.54. The summed E-state index contributed by atoms with van der Waals surface area (Å²) in [6, 6.07) is 0. The van der Waals surface area contributed by atoms with Crippen molar-refractivity contribution in [2.75, 3.05) is 31.6 Å². The van der Waals surface area contributed by atoms with Gasteiger partial charge in [0.05, 0.1) is 0 Å². The zero-order valence-electron chi connectivity index (χ0n) is 13.9. The first-order valence-corrected chi connectivity index (χ1v) is 9.59. The Balaban J connectivity index is 1.55. The number of hydrogen-bond donors (Lipinski definition) is 0. The van der Waals surface area contributed by atoms with Crippen LogP contribution in [0.2, 0.25) is 0 Å². The molecule has 1 fully saturated rings. The van der Waals surface area contributed by atoms with E-state index >= 15 is 0 Å². The molecule has 0 unspecified atom stereocenters. The minimum atomic E-state index is 0.522. The van der Waals surface area contributed by atoms with Crippen molar-refractivity contribution in [3.05, 3.63) is 24.3 Å². The maximum absolute atomic E-state index is 4.45. The summed E-state index contributed by atoms with van der Waals surface area (Å²) < 4.78 is 3.91. The predicted molar refractivity (Wildman–Crippen MR) is 91.5 cm³/mol. The van der Waals surface area contributed by atoms with Crippen molar-refractivity contribution in [2.45, 2.75) is 31.7 Å². The number of piperidine rings is 1. The van der Waals surface area contributed by atoms with E-state index in [4.69, 9.17) is 0 Å². The first kappa shape index (κ1) is 16.4. The number of thioether (sulfide) groups is 1. The van der Waals surface area contributed by atoms with Gasteiger partial charge >= 0.3 is 0 Å². The summed E-state index contributed by atoms with van der Waals surface area (Å²) in [5.74, 6) is 3.83. The third-order valence-corrected chi connectivity index (χ3v) is 5.24. The molecule has 0 bridgehead atoms. The SMILES string of the molecule is CSCCCN1CCC(c2nnc(Cn3cncn3)n2C)CC1. The van der Waals surface area contributed by atoms with Crippen LogP contribution in [-0.4, -0.2) is 66.1 Å². The van der Waals surface area contributed by atoms with Gasteiger partial charge in [0, 0.05) is 13.0 Å². The van der Waals surface area contributed by atoms with Gasteiger partial charge < -0.3 is 9.47 Å². The van der Waals surface area contributed by atoms with E-state index in [1.807, 2.05) is 11.8 Å². The van der Waals surface area contributed by atoms with Crippen LogP contribution in [0.5, 0.6) is 0 Å². The van der Waals surface area contributed by atoms with E-state index in [2.05, 4.69) is 43.1 Å². The van der Waals surface area contributed by atoms with Gasteiger partial charge in [-0.15, -0.1) is 10.2 Å². The lowest BCUT2D eigenvalue weighted by Crippen LogP contribution is -2.34. The Bertz CT molecular complexity index is 587. The van der Waals surface area contributed by atoms with Crippen molar-refractivity contribution >= 4 is 11.8 Å². The van der Waals surface area contributed by atoms with Crippen molar-refractivity contribution in [2.24, 2.45) is 7.05 Å². The second kappa shape index (κ2) is 7.92. The van der Waals surface area contributed by atoms with E-state index in [-0.39, 0.29) is 0 Å². The predicted octanol–water partition coefficient (Wildman–Crippen LogP) is 1.39. The highest BCUT2D eigenvalue weighted by Gasteiger charge is 2.24. The summed E-state index contributed by atoms with van der Waals surface area (Å²) in [5.41, 5.74) is 0. The standard InChI is InChI=1S/C15H25N7S/c1-20-14(10-22-12-16-11-17-22)18-19-15(20)13-4-7-21(8-5-13)6-3-9-23-2/h11-13H,3-10H2,1-2H3. The van der Waals surface area contributed by atoms with Crippen LogP contribution < -0.4 is 0 Å². The molecule has 8 heteroatoms. The van der Waals surface area contributed by atoms with E-state index in [0.29, 0.717) is 12.5 Å². The van der Waals surface area contributed by atoms with Gasteiger partial charge in [0.15, 0.2) is 5.82 Å². The molecule has 0 spiro atoms. The molecule has 0 atom stereocenters. The number of hydrogen-bond acceptors (Lipinski definition) is 6. The Hall–Kier alpha value is -1.41. The van der Waals surface area contributed by atoms with Gasteiger partial charge in [0.25, 0.3) is 0 Å². The van der Waals surface area contributed by atoms with Crippen LogP contribution in [0.25, 0.3) is 0 Å². The summed E-state index contributed by atoms with van der Waals surface area (Å²) in [6.07, 6.45) is 9.07. The normalized spacial score (nSPS) is 17.0. The number of likely N-dealkylation sites (tertiary alicyclic amines) is 1. The van der Waals surface area contributed by atoms with Crippen LogP contribution in [0, 0.1) is 0 Å². The minimum absolute atomic E-state index is 0.522. The summed E-state index contributed by atoms with van der Waals surface area (Å²) in [4.78, 5) is 6.55. The maximum atomic E-state index is 4.45. The van der Waals surface area contributed by atoms with E-state index in [9.17, 15) is 0 Å². The molecule has 23 heavy (non-hydrogen) atoms. The first-order valence-electron chi connectivity index (χ1n) is 8.19. The highest BCUT2D eigenvalue weighted by atomic mass is 32.2. The molecular formula is C15H25N7S. The summed E-state index contributed by atoms with van der Waals surface area (Å²) in [7, 11) is 2.06. The zero-order valence-corrected chi connectivity index (χ0v) is 14.7. The van der Waals surface area contributed by atoms with Gasteiger partial charge in [0.1, 0.15) is 25.0 Å². The molecule has 3 heterocycles. The van der Waals surface area contributed by atoms with E-state index < -0.39 is 0 Å². The van der Waals surface area contributed by atoms with E-state index in [0.717, 1.165) is 11.6 Å². The quantitative estimate of drug-likeness (QED) is 0.713. The molecule has 2 aromatic heterocycles. The van der Waals surface area contributed by atoms with Gasteiger partial charge in [0.2, 0.25) is 0 Å². The van der Waals surface area contributed by atoms with Crippen LogP contribution in [0.15, 0.2) is 12.7 Å². The molecule has 0 aromatic carbocycles. The molecule has 3 rings (SSSR count). The lowest BCUT2D eigenvalue weighted by atomic mass is 9.96. The van der Waals surface area contributed by atoms with Gasteiger partial charge in [-0.1, -0.05) is 0 Å². The molecule has 0 aliphatic carbocycles. The number of nitrogens with zero attached hydrogens (tertiary/aromatic N) is 7. The Labute approximate surface area is 141 Å². The Morgan fingerprint density at radius 2 is 2.09 bits per heavy atom. The molecule has 2 aromatic rings. The zero-order chi connectivity index (χ0) is 16.1. The fourth-order valence-electron chi connectivity index (χ4n) is 3.18. The second-order valence-corrected chi connectivity index (χ2v) is 7.07. The van der Waals surface area contributed by atoms with Crippen LogP contribution in [0.3, 0.4) is 0 Å². The summed E-state index contributed by atoms with van der Waals surface area (Å²) >= 11 is 1.93. The highest BCUT2D eigenvalue weighted by molar-refractivity contribution is 7.98. The molecule has 7 nitrogen and oxygen atoms in total. The van der Waals surface area contributed by atoms with Crippen molar-refractivity contribution in [3.63, 3.8) is 0 Å². The Morgan fingerprint density at radius 3 is 2.78 bits per heavy atom. The number of aromatic nitrogens is 6. The van der Waals surface area contributed by atoms with Crippen LogP contribution in [0.4, 0.5) is 0 Å². The highest BCUT2D eigenvalue weighted by Crippen LogP contribution is 2.27. The average molecular weight is 335 g/mol. The molecule has 0 saturated carbocycles. The molecule has 1 aliphatic rings. The molecule has 126 valence electrons. The van der Waals surface area contributed by atoms with Gasteiger partial charge in [-0.25, -0.2) is 9.67 Å². The third kappa shape index (κ3) is 4.11. The smallest absolute Gasteiger partial charge is 0.154 e. The average Bonchev–Trinajstić information content (AvgIpc) is 3.20. The van der Waals surface area contributed by atoms with Crippen LogP contribution in [0.1, 0.15) is 36.8 Å². The maximum Gasteiger partial charge on any atom is 0.154 e. The molecule has 1 aliphatic heterocycles. The monoisotopic (exact) mass is 335 g/mol. The molecule has 0 radical (unpaired) electrons. The Kier molecular flexibility index (Phi) is 5.66. The van der Waals surface area contributed by atoms with E-state index in [1.165, 1.54) is 44.6 Å². The van der Waals surface area contributed by atoms with Crippen molar-refractivity contribution in [1.82, 2.24) is 34.4 Å². The fourth-order valence-corrected chi connectivity index (χ4v) is 3.59. The van der Waals surface area contributed by atoms with Crippen molar-refractivity contribution in [3.8, 4) is 0 Å². The Morgan fingerprint density at radius 1 is 1.26 bits per heavy atom. The summed E-state index contributed by atoms with van der Waals surface area (Å²) in [6.45, 7) is 4.19. The molecular weight excluding hydrogens is 310 g/mol. The lowest BCUT2D eigenvalue weighted by molar-refractivity contribution is 0.209. The second-order valence-electron chi connectivity index (χ2n) is 6.09. The van der Waals surface area contributed by atoms with Gasteiger partial charge in [-0.2, -0.15) is 16.9 Å². The van der Waals surface area contributed by atoms with Crippen LogP contribution in [-0.2, 0) is 13.6 Å². The lowest BCUT2D eigenvalue weighted by Gasteiger charge is -2.31. The minimum Gasteiger partial charge on any atom is -0.316 e. The first-order chi connectivity index (χ1) is 11.3. The molecule has 0 N–H and O–H groups in total. The van der Waals surface area contributed by atoms with E-state index in [1.54, 1.807) is 17.3 Å². The molecule has 1 saturated heterocycles. The van der Waals surface area contributed by atoms with Crippen LogP contribution >= 0.6 is 11.8 Å². The largest absolute Gasteiger partial charge is 0.316 e. The molecule has 0 amide bonds. The number of rotatable bonds is 7.